The fourth-order valence-electron chi connectivity index (χ4n) is 3.80. The maximum Gasteiger partial charge on any atom is 0.257 e. The summed E-state index contributed by atoms with van der Waals surface area (Å²) in [5.74, 6) is 0.906. The van der Waals surface area contributed by atoms with Gasteiger partial charge in [-0.05, 0) is 38.1 Å². The number of sulfonamides is 1. The molecule has 1 fully saturated rings. The van der Waals surface area contributed by atoms with Crippen LogP contribution in [0.4, 0.5) is 5.13 Å². The van der Waals surface area contributed by atoms with Crippen molar-refractivity contribution in [2.75, 3.05) is 25.2 Å². The molecule has 0 aliphatic carbocycles. The summed E-state index contributed by atoms with van der Waals surface area (Å²) in [7, 11) is -3.66. The van der Waals surface area contributed by atoms with Gasteiger partial charge in [-0.15, -0.1) is 0 Å². The Morgan fingerprint density at radius 1 is 1.09 bits per heavy atom. The Bertz CT molecular complexity index is 1240. The van der Waals surface area contributed by atoms with Crippen molar-refractivity contribution < 1.29 is 27.4 Å². The molecule has 168 valence electrons. The number of nitrogens with zero attached hydrogens (tertiary/aromatic N) is 2. The van der Waals surface area contributed by atoms with Crippen LogP contribution in [0.2, 0.25) is 0 Å². The number of benzene rings is 2. The van der Waals surface area contributed by atoms with E-state index in [1.165, 1.54) is 39.9 Å². The van der Waals surface area contributed by atoms with E-state index in [0.717, 1.165) is 4.70 Å². The summed E-state index contributed by atoms with van der Waals surface area (Å²) in [4.78, 5) is 17.2. The van der Waals surface area contributed by atoms with Crippen molar-refractivity contribution in [2.24, 2.45) is 0 Å². The molecule has 0 radical (unpaired) electrons. The number of hydrogen-bond donors (Lipinski definition) is 1. The number of aromatic nitrogens is 1. The molecule has 3 aromatic rings. The average molecular weight is 476 g/mol. The van der Waals surface area contributed by atoms with Gasteiger partial charge in [0, 0.05) is 30.8 Å². The number of carbonyl (C=O) groups excluding carboxylic acids is 1. The molecule has 0 saturated carbocycles. The molecule has 2 aliphatic heterocycles. The average Bonchev–Trinajstić information content (AvgIpc) is 3.36. The van der Waals surface area contributed by atoms with Gasteiger partial charge in [-0.2, -0.15) is 4.31 Å². The molecule has 2 aromatic carbocycles. The predicted molar refractivity (Wildman–Crippen MR) is 119 cm³/mol. The van der Waals surface area contributed by atoms with Crippen molar-refractivity contribution >= 4 is 42.6 Å². The standard InChI is InChI=1S/C21H21N3O6S2/c1-12-9-24(10-13(2)30-12)32(26,27)15-5-3-14(4-6-15)20(25)23-21-22-16-7-17-18(29-11-28-17)8-19(16)31-21/h3-8,12-13H,9-11H2,1-2H3,(H,22,23,25)/t12-,13-/m1/s1. The van der Waals surface area contributed by atoms with Gasteiger partial charge in [0.1, 0.15) is 0 Å². The van der Waals surface area contributed by atoms with Gasteiger partial charge < -0.3 is 14.2 Å². The second-order valence-electron chi connectivity index (χ2n) is 7.75. The van der Waals surface area contributed by atoms with E-state index in [-0.39, 0.29) is 29.8 Å². The number of thiazole rings is 1. The lowest BCUT2D eigenvalue weighted by atomic mass is 10.2. The third-order valence-electron chi connectivity index (χ3n) is 5.24. The van der Waals surface area contributed by atoms with Crippen LogP contribution in [0.3, 0.4) is 0 Å². The Hall–Kier alpha value is -2.73. The molecule has 1 aromatic heterocycles. The molecule has 0 unspecified atom stereocenters. The summed E-state index contributed by atoms with van der Waals surface area (Å²) in [5.41, 5.74) is 1.03. The number of morpholine rings is 1. The van der Waals surface area contributed by atoms with Crippen molar-refractivity contribution in [3.05, 3.63) is 42.0 Å². The lowest BCUT2D eigenvalue weighted by Gasteiger charge is -2.34. The first-order chi connectivity index (χ1) is 15.3. The highest BCUT2D eigenvalue weighted by atomic mass is 32.2. The minimum absolute atomic E-state index is 0.143. The van der Waals surface area contributed by atoms with Gasteiger partial charge in [0.05, 0.1) is 27.3 Å². The highest BCUT2D eigenvalue weighted by Gasteiger charge is 2.32. The van der Waals surface area contributed by atoms with Crippen LogP contribution >= 0.6 is 11.3 Å². The highest BCUT2D eigenvalue weighted by Crippen LogP contribution is 2.39. The van der Waals surface area contributed by atoms with Crippen LogP contribution in [0.25, 0.3) is 10.2 Å². The monoisotopic (exact) mass is 475 g/mol. The Labute approximate surface area is 189 Å². The number of fused-ring (bicyclic) bond motifs is 2. The molecule has 2 aliphatic rings. The molecule has 1 saturated heterocycles. The summed E-state index contributed by atoms with van der Waals surface area (Å²) < 4.78 is 44.6. The third-order valence-corrected chi connectivity index (χ3v) is 8.02. The number of carbonyl (C=O) groups is 1. The largest absolute Gasteiger partial charge is 0.454 e. The zero-order valence-electron chi connectivity index (χ0n) is 17.4. The van der Waals surface area contributed by atoms with E-state index >= 15 is 0 Å². The van der Waals surface area contributed by atoms with Crippen molar-refractivity contribution in [1.82, 2.24) is 9.29 Å². The summed E-state index contributed by atoms with van der Waals surface area (Å²) in [6.07, 6.45) is -0.349. The normalized spacial score (nSPS) is 21.1. The highest BCUT2D eigenvalue weighted by molar-refractivity contribution is 7.89. The molecular weight excluding hydrogens is 454 g/mol. The second kappa shape index (κ2) is 8.00. The zero-order valence-corrected chi connectivity index (χ0v) is 19.0. The van der Waals surface area contributed by atoms with Gasteiger partial charge in [-0.3, -0.25) is 10.1 Å². The first-order valence-electron chi connectivity index (χ1n) is 10.1. The van der Waals surface area contributed by atoms with Gasteiger partial charge in [0.15, 0.2) is 16.6 Å². The van der Waals surface area contributed by atoms with Crippen LogP contribution < -0.4 is 14.8 Å². The quantitative estimate of drug-likeness (QED) is 0.618. The van der Waals surface area contributed by atoms with Crippen molar-refractivity contribution in [3.63, 3.8) is 0 Å². The van der Waals surface area contributed by atoms with E-state index < -0.39 is 10.0 Å². The van der Waals surface area contributed by atoms with Crippen LogP contribution in [0, 0.1) is 0 Å². The molecule has 3 heterocycles. The molecule has 9 nitrogen and oxygen atoms in total. The molecule has 2 atom stereocenters. The number of ether oxygens (including phenoxy) is 3. The number of amides is 1. The molecule has 32 heavy (non-hydrogen) atoms. The van der Waals surface area contributed by atoms with E-state index in [1.807, 2.05) is 19.9 Å². The number of rotatable bonds is 4. The van der Waals surface area contributed by atoms with Crippen LogP contribution in [0.1, 0.15) is 24.2 Å². The van der Waals surface area contributed by atoms with Crippen molar-refractivity contribution in [2.45, 2.75) is 31.0 Å². The number of nitrogens with one attached hydrogen (secondary N) is 1. The minimum Gasteiger partial charge on any atom is -0.454 e. The van der Waals surface area contributed by atoms with Crippen LogP contribution in [0.5, 0.6) is 11.5 Å². The maximum atomic E-state index is 13.0. The van der Waals surface area contributed by atoms with Gasteiger partial charge >= 0.3 is 0 Å². The Morgan fingerprint density at radius 2 is 1.75 bits per heavy atom. The molecule has 11 heteroatoms. The van der Waals surface area contributed by atoms with Crippen LogP contribution in [-0.4, -0.2) is 55.7 Å². The summed E-state index contributed by atoms with van der Waals surface area (Å²) in [6.45, 7) is 4.48. The zero-order chi connectivity index (χ0) is 22.5. The molecule has 5 rings (SSSR count). The SMILES string of the molecule is C[C@@H]1CN(S(=O)(=O)c2ccc(C(=O)Nc3nc4cc5c(cc4s3)OCO5)cc2)C[C@@H](C)O1. The smallest absolute Gasteiger partial charge is 0.257 e. The third kappa shape index (κ3) is 3.92. The predicted octanol–water partition coefficient (Wildman–Crippen LogP) is 3.08. The van der Waals surface area contributed by atoms with E-state index in [2.05, 4.69) is 10.3 Å². The van der Waals surface area contributed by atoms with Crippen molar-refractivity contribution in [3.8, 4) is 11.5 Å². The summed E-state index contributed by atoms with van der Waals surface area (Å²) in [6, 6.07) is 9.51. The maximum absolute atomic E-state index is 13.0. The number of anilines is 1. The fraction of sp³-hybridized carbons (Fsp3) is 0.333. The van der Waals surface area contributed by atoms with Gasteiger partial charge in [0.25, 0.3) is 5.91 Å². The number of hydrogen-bond acceptors (Lipinski definition) is 8. The Kier molecular flexibility index (Phi) is 5.28. The lowest BCUT2D eigenvalue weighted by Crippen LogP contribution is -2.48. The van der Waals surface area contributed by atoms with Crippen LogP contribution in [-0.2, 0) is 14.8 Å². The van der Waals surface area contributed by atoms with Gasteiger partial charge in [-0.1, -0.05) is 11.3 Å². The van der Waals surface area contributed by atoms with Gasteiger partial charge in [-0.25, -0.2) is 13.4 Å². The molecule has 0 spiro atoms. The minimum atomic E-state index is -3.66. The van der Waals surface area contributed by atoms with Gasteiger partial charge in [0.2, 0.25) is 16.8 Å². The molecule has 1 N–H and O–H groups in total. The van der Waals surface area contributed by atoms with E-state index in [4.69, 9.17) is 14.2 Å². The Morgan fingerprint density at radius 3 is 2.44 bits per heavy atom. The van der Waals surface area contributed by atoms with Crippen molar-refractivity contribution in [1.29, 1.82) is 0 Å². The lowest BCUT2D eigenvalue weighted by molar-refractivity contribution is -0.0440. The molecular formula is C21H21N3O6S2. The topological polar surface area (TPSA) is 107 Å². The first kappa shape index (κ1) is 21.1. The fourth-order valence-corrected chi connectivity index (χ4v) is 6.26. The van der Waals surface area contributed by atoms with Crippen LogP contribution in [0.15, 0.2) is 41.3 Å². The second-order valence-corrected chi connectivity index (χ2v) is 10.7. The van der Waals surface area contributed by atoms with E-state index in [0.29, 0.717) is 40.8 Å². The summed E-state index contributed by atoms with van der Waals surface area (Å²) in [5, 5.41) is 3.20. The molecule has 1 amide bonds. The van der Waals surface area contributed by atoms with E-state index in [1.54, 1.807) is 6.07 Å². The summed E-state index contributed by atoms with van der Waals surface area (Å²) >= 11 is 1.32. The first-order valence-corrected chi connectivity index (χ1v) is 12.3. The Balaban J connectivity index is 1.31. The van der Waals surface area contributed by atoms with E-state index in [9.17, 15) is 13.2 Å². The molecule has 0 bridgehead atoms.